The largest absolute Gasteiger partial charge is 0.339 e. The molecule has 2 atom stereocenters. The molecule has 0 unspecified atom stereocenters. The van der Waals surface area contributed by atoms with Crippen LogP contribution in [0.1, 0.15) is 51.2 Å². The van der Waals surface area contributed by atoms with E-state index in [9.17, 15) is 13.2 Å². The molecule has 0 aliphatic carbocycles. The van der Waals surface area contributed by atoms with Gasteiger partial charge < -0.3 is 4.90 Å². The summed E-state index contributed by atoms with van der Waals surface area (Å²) < 4.78 is 28.9. The molecule has 2 aromatic carbocycles. The zero-order chi connectivity index (χ0) is 27.2. The van der Waals surface area contributed by atoms with Crippen LogP contribution in [-0.2, 0) is 21.2 Å². The molecule has 6 nitrogen and oxygen atoms in total. The Morgan fingerprint density at radius 1 is 0.947 bits per heavy atom. The maximum absolute atomic E-state index is 13.7. The Kier molecular flexibility index (Phi) is 7.52. The van der Waals surface area contributed by atoms with Crippen LogP contribution in [0.25, 0.3) is 0 Å². The Balaban J connectivity index is 1.33. The molecular weight excluding hydrogens is 514 g/mol. The highest BCUT2D eigenvalue weighted by Gasteiger charge is 2.38. The molecule has 1 saturated heterocycles. The smallest absolute Gasteiger partial charge is 0.243 e. The van der Waals surface area contributed by atoms with Gasteiger partial charge in [-0.15, -0.1) is 11.3 Å². The standard InChI is InChI=1S/C30H37N3O3S2/c1-20-16-22(3)30(23(4)17-20)38(35,36)33-14-13-31(18-24(33)5)28(34)19-32-12-10-27-26(11-15-37-27)29(32)25-9-7-6-8-21(25)2/h6-9,11,15-17,24,29H,10,12-14,18-19H2,1-5H3/t24-,29+/m0/s1. The van der Waals surface area contributed by atoms with Gasteiger partial charge in [0.2, 0.25) is 15.9 Å². The summed E-state index contributed by atoms with van der Waals surface area (Å²) in [4.78, 5) is 19.6. The van der Waals surface area contributed by atoms with Gasteiger partial charge in [-0.1, -0.05) is 42.0 Å². The van der Waals surface area contributed by atoms with Crippen molar-refractivity contribution in [2.45, 2.75) is 58.0 Å². The molecule has 2 aliphatic heterocycles. The first kappa shape index (κ1) is 27.1. The SMILES string of the molecule is Cc1cc(C)c(S(=O)(=O)N2CCN(C(=O)CN3CCc4sccc4[C@H]3c3ccccc3C)C[C@@H]2C)c(C)c1. The van der Waals surface area contributed by atoms with Crippen LogP contribution < -0.4 is 0 Å². The van der Waals surface area contributed by atoms with Crippen LogP contribution in [0.5, 0.6) is 0 Å². The highest BCUT2D eigenvalue weighted by atomic mass is 32.2. The Hall–Kier alpha value is -2.52. The number of hydrogen-bond donors (Lipinski definition) is 0. The number of carbonyl (C=O) groups is 1. The Labute approximate surface area is 230 Å². The van der Waals surface area contributed by atoms with Crippen molar-refractivity contribution in [3.8, 4) is 0 Å². The van der Waals surface area contributed by atoms with E-state index in [0.29, 0.717) is 31.1 Å². The van der Waals surface area contributed by atoms with Crippen LogP contribution in [0.2, 0.25) is 0 Å². The van der Waals surface area contributed by atoms with Gasteiger partial charge in [-0.2, -0.15) is 4.31 Å². The van der Waals surface area contributed by atoms with Gasteiger partial charge in [0.15, 0.2) is 0 Å². The summed E-state index contributed by atoms with van der Waals surface area (Å²) in [6, 6.07) is 14.2. The van der Waals surface area contributed by atoms with E-state index in [0.717, 1.165) is 29.7 Å². The summed E-state index contributed by atoms with van der Waals surface area (Å²) in [7, 11) is -3.66. The lowest BCUT2D eigenvalue weighted by Crippen LogP contribution is -2.57. The highest BCUT2D eigenvalue weighted by Crippen LogP contribution is 2.39. The van der Waals surface area contributed by atoms with Gasteiger partial charge in [0.1, 0.15) is 0 Å². The van der Waals surface area contributed by atoms with E-state index in [1.54, 1.807) is 15.6 Å². The summed E-state index contributed by atoms with van der Waals surface area (Å²) in [5, 5.41) is 2.15. The molecule has 3 aromatic rings. The summed E-state index contributed by atoms with van der Waals surface area (Å²) in [6.45, 7) is 12.0. The minimum Gasteiger partial charge on any atom is -0.339 e. The number of aryl methyl sites for hydroxylation is 4. The topological polar surface area (TPSA) is 60.9 Å². The average Bonchev–Trinajstić information content (AvgIpc) is 3.32. The number of carbonyl (C=O) groups excluding carboxylic acids is 1. The second-order valence-electron chi connectivity index (χ2n) is 10.8. The van der Waals surface area contributed by atoms with E-state index in [2.05, 4.69) is 47.5 Å². The van der Waals surface area contributed by atoms with Crippen molar-refractivity contribution in [3.63, 3.8) is 0 Å². The predicted octanol–water partition coefficient (Wildman–Crippen LogP) is 4.85. The molecule has 5 rings (SSSR count). The van der Waals surface area contributed by atoms with Crippen LogP contribution in [0.3, 0.4) is 0 Å². The normalized spacial score (nSPS) is 20.9. The molecule has 0 spiro atoms. The van der Waals surface area contributed by atoms with E-state index >= 15 is 0 Å². The number of thiophene rings is 1. The number of amides is 1. The molecule has 2 aliphatic rings. The summed E-state index contributed by atoms with van der Waals surface area (Å²) in [5.41, 5.74) is 6.37. The number of hydrogen-bond acceptors (Lipinski definition) is 5. The van der Waals surface area contributed by atoms with Gasteiger partial charge in [-0.25, -0.2) is 8.42 Å². The lowest BCUT2D eigenvalue weighted by molar-refractivity contribution is -0.135. The third-order valence-electron chi connectivity index (χ3n) is 7.98. The number of rotatable bonds is 5. The van der Waals surface area contributed by atoms with Gasteiger partial charge in [-0.05, 0) is 80.3 Å². The van der Waals surface area contributed by atoms with Crippen molar-refractivity contribution in [1.82, 2.24) is 14.1 Å². The van der Waals surface area contributed by atoms with Gasteiger partial charge in [-0.3, -0.25) is 9.69 Å². The number of nitrogens with zero attached hydrogens (tertiary/aromatic N) is 3. The van der Waals surface area contributed by atoms with E-state index in [1.165, 1.54) is 21.6 Å². The first-order chi connectivity index (χ1) is 18.1. The predicted molar refractivity (Wildman–Crippen MR) is 153 cm³/mol. The average molecular weight is 552 g/mol. The molecular formula is C30H37N3O3S2. The molecule has 0 bridgehead atoms. The van der Waals surface area contributed by atoms with E-state index in [1.807, 2.05) is 44.7 Å². The molecule has 0 saturated carbocycles. The molecule has 1 fully saturated rings. The number of fused-ring (bicyclic) bond motifs is 1. The monoisotopic (exact) mass is 551 g/mol. The van der Waals surface area contributed by atoms with E-state index in [-0.39, 0.29) is 18.0 Å². The first-order valence-electron chi connectivity index (χ1n) is 13.3. The van der Waals surface area contributed by atoms with Crippen molar-refractivity contribution in [1.29, 1.82) is 0 Å². The van der Waals surface area contributed by atoms with E-state index in [4.69, 9.17) is 0 Å². The highest BCUT2D eigenvalue weighted by molar-refractivity contribution is 7.89. The summed E-state index contributed by atoms with van der Waals surface area (Å²) in [5.74, 6) is 0.0638. The van der Waals surface area contributed by atoms with Gasteiger partial charge in [0, 0.05) is 37.1 Å². The van der Waals surface area contributed by atoms with E-state index < -0.39 is 10.0 Å². The van der Waals surface area contributed by atoms with Crippen LogP contribution in [-0.4, -0.2) is 67.2 Å². The van der Waals surface area contributed by atoms with Crippen LogP contribution in [0.4, 0.5) is 0 Å². The zero-order valence-electron chi connectivity index (χ0n) is 22.9. The minimum absolute atomic E-state index is 0.0572. The number of benzene rings is 2. The number of sulfonamides is 1. The lowest BCUT2D eigenvalue weighted by Gasteiger charge is -2.41. The molecule has 1 amide bonds. The van der Waals surface area contributed by atoms with Crippen molar-refractivity contribution in [2.24, 2.45) is 0 Å². The van der Waals surface area contributed by atoms with Crippen molar-refractivity contribution in [3.05, 3.63) is 86.1 Å². The lowest BCUT2D eigenvalue weighted by atomic mass is 9.90. The second kappa shape index (κ2) is 10.6. The Morgan fingerprint density at radius 3 is 2.34 bits per heavy atom. The van der Waals surface area contributed by atoms with Crippen LogP contribution in [0.15, 0.2) is 52.7 Å². The van der Waals surface area contributed by atoms with Crippen LogP contribution in [0, 0.1) is 27.7 Å². The van der Waals surface area contributed by atoms with Crippen molar-refractivity contribution >= 4 is 27.3 Å². The molecule has 1 aromatic heterocycles. The fourth-order valence-corrected chi connectivity index (χ4v) is 9.22. The third-order valence-corrected chi connectivity index (χ3v) is 11.3. The molecule has 3 heterocycles. The van der Waals surface area contributed by atoms with Gasteiger partial charge >= 0.3 is 0 Å². The van der Waals surface area contributed by atoms with Gasteiger partial charge in [0.25, 0.3) is 0 Å². The molecule has 202 valence electrons. The Morgan fingerprint density at radius 2 is 1.66 bits per heavy atom. The first-order valence-corrected chi connectivity index (χ1v) is 15.6. The van der Waals surface area contributed by atoms with Crippen molar-refractivity contribution < 1.29 is 13.2 Å². The quantitative estimate of drug-likeness (QED) is 0.455. The number of piperazine rings is 1. The maximum atomic E-state index is 13.7. The minimum atomic E-state index is -3.66. The second-order valence-corrected chi connectivity index (χ2v) is 13.6. The zero-order valence-corrected chi connectivity index (χ0v) is 24.5. The summed E-state index contributed by atoms with van der Waals surface area (Å²) in [6.07, 6.45) is 0.945. The molecule has 8 heteroatoms. The molecule has 0 N–H and O–H groups in total. The maximum Gasteiger partial charge on any atom is 0.243 e. The van der Waals surface area contributed by atoms with Crippen molar-refractivity contribution in [2.75, 3.05) is 32.7 Å². The third kappa shape index (κ3) is 4.95. The summed E-state index contributed by atoms with van der Waals surface area (Å²) >= 11 is 1.80. The fourth-order valence-electron chi connectivity index (χ4n) is 6.29. The molecule has 0 radical (unpaired) electrons. The van der Waals surface area contributed by atoms with Crippen LogP contribution >= 0.6 is 11.3 Å². The molecule has 38 heavy (non-hydrogen) atoms. The Bertz CT molecular complexity index is 1440. The fraction of sp³-hybridized carbons (Fsp3) is 0.433. The van der Waals surface area contributed by atoms with Gasteiger partial charge in [0.05, 0.1) is 17.5 Å².